The van der Waals surface area contributed by atoms with Gasteiger partial charge in [0.25, 0.3) is 0 Å². The van der Waals surface area contributed by atoms with Crippen molar-refractivity contribution < 1.29 is 19.1 Å². The molecule has 1 aliphatic carbocycles. The second-order valence-corrected chi connectivity index (χ2v) is 15.3. The van der Waals surface area contributed by atoms with Gasteiger partial charge < -0.3 is 9.47 Å². The van der Waals surface area contributed by atoms with Crippen LogP contribution in [0.1, 0.15) is 25.7 Å². The van der Waals surface area contributed by atoms with Crippen LogP contribution in [0.3, 0.4) is 0 Å². The lowest BCUT2D eigenvalue weighted by atomic mass is 10.00. The predicted octanol–water partition coefficient (Wildman–Crippen LogP) is 6.52. The highest BCUT2D eigenvalue weighted by Crippen LogP contribution is 2.45. The Hall–Kier alpha value is -0.000000000000000222. The zero-order valence-corrected chi connectivity index (χ0v) is 22.7. The standard InChI is InChI=1S/C22H28O4S6/c1-3-19(23)25-9-17-11-29-21(31-17)13-27-15-5-7-16(8-6-15)28-14-22-30-12-18(32-22)10-26-20(24)4-2/h3-4,11-12,15-16,21-22H,1-2,5-10,13-14H2. The zero-order valence-electron chi connectivity index (χ0n) is 17.8. The molecule has 1 saturated carbocycles. The van der Waals surface area contributed by atoms with E-state index in [0.717, 1.165) is 31.8 Å². The van der Waals surface area contributed by atoms with E-state index in [-0.39, 0.29) is 11.9 Å². The summed E-state index contributed by atoms with van der Waals surface area (Å²) in [5.74, 6) is 1.54. The highest BCUT2D eigenvalue weighted by Gasteiger charge is 2.27. The van der Waals surface area contributed by atoms with Gasteiger partial charge >= 0.3 is 11.9 Å². The van der Waals surface area contributed by atoms with Crippen LogP contribution in [0.4, 0.5) is 0 Å². The van der Waals surface area contributed by atoms with Gasteiger partial charge in [-0.1, -0.05) is 13.2 Å². The van der Waals surface area contributed by atoms with Crippen LogP contribution >= 0.6 is 70.6 Å². The third-order valence-electron chi connectivity index (χ3n) is 4.87. The van der Waals surface area contributed by atoms with E-state index in [1.807, 2.05) is 47.0 Å². The molecule has 32 heavy (non-hydrogen) atoms. The second kappa shape index (κ2) is 14.4. The minimum Gasteiger partial charge on any atom is -0.457 e. The van der Waals surface area contributed by atoms with E-state index in [2.05, 4.69) is 47.5 Å². The van der Waals surface area contributed by atoms with E-state index in [0.29, 0.717) is 22.4 Å². The third kappa shape index (κ3) is 9.33. The third-order valence-corrected chi connectivity index (χ3v) is 13.9. The molecule has 2 heterocycles. The van der Waals surface area contributed by atoms with Crippen LogP contribution in [0, 0.1) is 0 Å². The number of carbonyl (C=O) groups is 2. The first kappa shape index (κ1) is 26.6. The number of hydrogen-bond donors (Lipinski definition) is 0. The molecule has 176 valence electrons. The van der Waals surface area contributed by atoms with Crippen LogP contribution in [0.25, 0.3) is 0 Å². The maximum atomic E-state index is 11.2. The van der Waals surface area contributed by atoms with Gasteiger partial charge in [0, 0.05) is 44.0 Å². The minimum absolute atomic E-state index is 0.361. The Bertz CT molecular complexity index is 683. The molecule has 0 aromatic heterocycles. The smallest absolute Gasteiger partial charge is 0.330 e. The lowest BCUT2D eigenvalue weighted by Gasteiger charge is -2.28. The van der Waals surface area contributed by atoms with Crippen molar-refractivity contribution in [3.05, 3.63) is 45.9 Å². The summed E-state index contributed by atoms with van der Waals surface area (Å²) >= 11 is 11.6. The highest BCUT2D eigenvalue weighted by molar-refractivity contribution is 8.24. The SMILES string of the molecule is C=CC(=O)OCC1=CSC(CSC2CCC(SCC3SC=C(COC(=O)C=C)S3)CC2)S1. The summed E-state index contributed by atoms with van der Waals surface area (Å²) in [5.41, 5.74) is 0. The summed E-state index contributed by atoms with van der Waals surface area (Å²) < 4.78 is 11.3. The first-order chi connectivity index (χ1) is 15.6. The molecule has 1 fully saturated rings. The summed E-state index contributed by atoms with van der Waals surface area (Å²) in [6.45, 7) is 7.57. The summed E-state index contributed by atoms with van der Waals surface area (Å²) in [6.07, 6.45) is 7.61. The van der Waals surface area contributed by atoms with Crippen molar-refractivity contribution in [3.63, 3.8) is 0 Å². The van der Waals surface area contributed by atoms with Crippen LogP contribution in [-0.2, 0) is 19.1 Å². The summed E-state index contributed by atoms with van der Waals surface area (Å²) in [4.78, 5) is 24.6. The van der Waals surface area contributed by atoms with Gasteiger partial charge in [-0.15, -0.1) is 47.0 Å². The molecular weight excluding hydrogens is 521 g/mol. The number of carbonyl (C=O) groups excluding carboxylic acids is 2. The molecule has 3 rings (SSSR count). The Morgan fingerprint density at radius 2 is 1.25 bits per heavy atom. The van der Waals surface area contributed by atoms with E-state index < -0.39 is 0 Å². The molecule has 2 aliphatic heterocycles. The number of hydrogen-bond acceptors (Lipinski definition) is 10. The number of thioether (sulfide) groups is 6. The average Bonchev–Trinajstić information content (AvgIpc) is 3.48. The maximum absolute atomic E-state index is 11.2. The highest BCUT2D eigenvalue weighted by atomic mass is 32.2. The van der Waals surface area contributed by atoms with Crippen LogP contribution < -0.4 is 0 Å². The Morgan fingerprint density at radius 3 is 1.62 bits per heavy atom. The second-order valence-electron chi connectivity index (χ2n) is 7.22. The fourth-order valence-electron chi connectivity index (χ4n) is 3.23. The van der Waals surface area contributed by atoms with Gasteiger partial charge in [0.05, 0.1) is 9.16 Å². The molecule has 0 N–H and O–H groups in total. The van der Waals surface area contributed by atoms with Gasteiger partial charge in [0.2, 0.25) is 0 Å². The Kier molecular flexibility index (Phi) is 12.0. The van der Waals surface area contributed by atoms with Crippen LogP contribution in [0.15, 0.2) is 45.9 Å². The van der Waals surface area contributed by atoms with Gasteiger partial charge in [-0.2, -0.15) is 23.5 Å². The molecule has 0 amide bonds. The normalized spacial score (nSPS) is 27.4. The molecule has 10 heteroatoms. The lowest BCUT2D eigenvalue weighted by Crippen LogP contribution is -2.20. The molecule has 0 radical (unpaired) electrons. The van der Waals surface area contributed by atoms with E-state index in [1.54, 1.807) is 0 Å². The molecule has 2 unspecified atom stereocenters. The maximum Gasteiger partial charge on any atom is 0.330 e. The van der Waals surface area contributed by atoms with Crippen LogP contribution in [-0.4, -0.2) is 56.3 Å². The number of ether oxygens (including phenoxy) is 2. The zero-order chi connectivity index (χ0) is 22.8. The van der Waals surface area contributed by atoms with Gasteiger partial charge in [0.15, 0.2) is 0 Å². The average molecular weight is 549 g/mol. The molecule has 0 saturated heterocycles. The quantitative estimate of drug-likeness (QED) is 0.199. The fraction of sp³-hybridized carbons (Fsp3) is 0.545. The van der Waals surface area contributed by atoms with Gasteiger partial charge in [0.1, 0.15) is 13.2 Å². The van der Waals surface area contributed by atoms with Gasteiger partial charge in [-0.3, -0.25) is 0 Å². The molecule has 0 aromatic rings. The molecule has 0 bridgehead atoms. The first-order valence-corrected chi connectivity index (χ1v) is 16.1. The topological polar surface area (TPSA) is 52.6 Å². The van der Waals surface area contributed by atoms with Crippen molar-refractivity contribution in [1.29, 1.82) is 0 Å². The van der Waals surface area contributed by atoms with Crippen molar-refractivity contribution in [2.24, 2.45) is 0 Å². The van der Waals surface area contributed by atoms with Gasteiger partial charge in [-0.25, -0.2) is 9.59 Å². The van der Waals surface area contributed by atoms with E-state index in [4.69, 9.17) is 9.47 Å². The molecule has 2 atom stereocenters. The van der Waals surface area contributed by atoms with Crippen molar-refractivity contribution in [2.45, 2.75) is 45.3 Å². The van der Waals surface area contributed by atoms with Gasteiger partial charge in [-0.05, 0) is 36.5 Å². The summed E-state index contributed by atoms with van der Waals surface area (Å²) in [7, 11) is 0. The van der Waals surface area contributed by atoms with Crippen molar-refractivity contribution in [3.8, 4) is 0 Å². The largest absolute Gasteiger partial charge is 0.457 e. The Balaban J connectivity index is 1.22. The predicted molar refractivity (Wildman–Crippen MR) is 147 cm³/mol. The molecule has 0 aromatic carbocycles. The van der Waals surface area contributed by atoms with Crippen LogP contribution in [0.2, 0.25) is 0 Å². The molecule has 0 spiro atoms. The lowest BCUT2D eigenvalue weighted by molar-refractivity contribution is -0.137. The molecular formula is C22H28O4S6. The Morgan fingerprint density at radius 1 is 0.844 bits per heavy atom. The van der Waals surface area contributed by atoms with Crippen molar-refractivity contribution in [1.82, 2.24) is 0 Å². The minimum atomic E-state index is -0.361. The van der Waals surface area contributed by atoms with Crippen LogP contribution in [0.5, 0.6) is 0 Å². The first-order valence-electron chi connectivity index (χ1n) is 10.4. The molecule has 3 aliphatic rings. The van der Waals surface area contributed by atoms with E-state index >= 15 is 0 Å². The van der Waals surface area contributed by atoms with E-state index in [1.165, 1.54) is 37.8 Å². The number of rotatable bonds is 12. The monoisotopic (exact) mass is 548 g/mol. The summed E-state index contributed by atoms with van der Waals surface area (Å²) in [6, 6.07) is 0. The summed E-state index contributed by atoms with van der Waals surface area (Å²) in [5, 5.41) is 5.78. The number of esters is 2. The van der Waals surface area contributed by atoms with Crippen molar-refractivity contribution >= 4 is 82.5 Å². The fourth-order valence-corrected chi connectivity index (χ4v) is 11.4. The molecule has 4 nitrogen and oxygen atoms in total. The van der Waals surface area contributed by atoms with E-state index in [9.17, 15) is 9.59 Å². The van der Waals surface area contributed by atoms with Crippen molar-refractivity contribution in [2.75, 3.05) is 24.7 Å². The Labute approximate surface area is 216 Å².